The van der Waals surface area contributed by atoms with Crippen LogP contribution in [0.25, 0.3) is 0 Å². The molecule has 1 aromatic rings. The van der Waals surface area contributed by atoms with Crippen LogP contribution in [0.2, 0.25) is 0 Å². The molecular formula is C25H37N3O3. The first-order valence-electron chi connectivity index (χ1n) is 12.0. The molecule has 2 heterocycles. The summed E-state index contributed by atoms with van der Waals surface area (Å²) in [5.41, 5.74) is 1.25. The molecule has 2 saturated heterocycles. The monoisotopic (exact) mass is 427 g/mol. The van der Waals surface area contributed by atoms with Crippen LogP contribution >= 0.6 is 0 Å². The highest BCUT2D eigenvalue weighted by molar-refractivity contribution is 5.43. The number of hydrogen-bond donors (Lipinski definition) is 1. The Morgan fingerprint density at radius 3 is 2.42 bits per heavy atom. The Labute approximate surface area is 186 Å². The zero-order valence-electron chi connectivity index (χ0n) is 18.8. The van der Waals surface area contributed by atoms with Gasteiger partial charge in [-0.2, -0.15) is 5.26 Å². The fraction of sp³-hybridized carbons (Fsp3) is 0.720. The Kier molecular flexibility index (Phi) is 7.71. The van der Waals surface area contributed by atoms with Gasteiger partial charge in [0, 0.05) is 32.1 Å². The van der Waals surface area contributed by atoms with Gasteiger partial charge in [0.25, 0.3) is 0 Å². The third-order valence-electron chi connectivity index (χ3n) is 7.36. The van der Waals surface area contributed by atoms with Crippen LogP contribution in [-0.2, 0) is 6.54 Å². The molecule has 1 unspecified atom stereocenters. The van der Waals surface area contributed by atoms with Crippen molar-refractivity contribution in [1.82, 2.24) is 9.80 Å². The zero-order valence-corrected chi connectivity index (χ0v) is 18.8. The van der Waals surface area contributed by atoms with Crippen LogP contribution in [0.4, 0.5) is 0 Å². The normalized spacial score (nSPS) is 26.2. The topological polar surface area (TPSA) is 69.0 Å². The van der Waals surface area contributed by atoms with Crippen LogP contribution in [0, 0.1) is 29.1 Å². The van der Waals surface area contributed by atoms with E-state index in [0.29, 0.717) is 12.3 Å². The second kappa shape index (κ2) is 10.7. The molecule has 6 heteroatoms. The van der Waals surface area contributed by atoms with Gasteiger partial charge in [0.15, 0.2) is 11.5 Å². The van der Waals surface area contributed by atoms with Crippen molar-refractivity contribution in [3.63, 3.8) is 0 Å². The molecule has 3 fully saturated rings. The van der Waals surface area contributed by atoms with Crippen molar-refractivity contribution in [1.29, 1.82) is 5.26 Å². The van der Waals surface area contributed by atoms with Crippen molar-refractivity contribution in [3.05, 3.63) is 23.8 Å². The van der Waals surface area contributed by atoms with Gasteiger partial charge in [-0.3, -0.25) is 4.90 Å². The minimum Gasteiger partial charge on any atom is -0.493 e. The van der Waals surface area contributed by atoms with Crippen molar-refractivity contribution < 1.29 is 14.6 Å². The number of aliphatic hydroxyl groups excluding tert-OH is 1. The van der Waals surface area contributed by atoms with E-state index in [1.54, 1.807) is 7.11 Å². The summed E-state index contributed by atoms with van der Waals surface area (Å²) >= 11 is 0. The van der Waals surface area contributed by atoms with Crippen molar-refractivity contribution in [2.24, 2.45) is 17.8 Å². The van der Waals surface area contributed by atoms with Gasteiger partial charge in [0.2, 0.25) is 0 Å². The molecule has 0 amide bonds. The predicted octanol–water partition coefficient (Wildman–Crippen LogP) is 3.29. The standard InChI is InChI=1S/C25H37N3O3/c1-30-25-12-20(14-28-15-21-4-2-3-5-22(21)16-28)6-7-24(25)31-18-23(29)17-27-10-8-19(13-26)9-11-27/h6-7,12,19,21-23,29H,2-5,8-11,14-18H2,1H3/t21-,22+,23?. The molecule has 0 radical (unpaired) electrons. The lowest BCUT2D eigenvalue weighted by Crippen LogP contribution is -2.40. The first-order chi connectivity index (χ1) is 15.1. The summed E-state index contributed by atoms with van der Waals surface area (Å²) in [6.45, 7) is 5.97. The van der Waals surface area contributed by atoms with Gasteiger partial charge in [0.05, 0.1) is 13.2 Å². The van der Waals surface area contributed by atoms with Gasteiger partial charge < -0.3 is 19.5 Å². The second-order valence-electron chi connectivity index (χ2n) is 9.65. The van der Waals surface area contributed by atoms with Crippen LogP contribution in [0.5, 0.6) is 11.5 Å². The summed E-state index contributed by atoms with van der Waals surface area (Å²) in [4.78, 5) is 4.81. The van der Waals surface area contributed by atoms with Crippen LogP contribution < -0.4 is 9.47 Å². The smallest absolute Gasteiger partial charge is 0.161 e. The van der Waals surface area contributed by atoms with Crippen molar-refractivity contribution in [3.8, 4) is 17.6 Å². The number of piperidine rings is 1. The molecule has 0 aromatic heterocycles. The molecule has 31 heavy (non-hydrogen) atoms. The molecule has 0 spiro atoms. The number of fused-ring (bicyclic) bond motifs is 1. The third-order valence-corrected chi connectivity index (χ3v) is 7.36. The van der Waals surface area contributed by atoms with Crippen molar-refractivity contribution in [2.45, 2.75) is 51.2 Å². The Balaban J connectivity index is 1.26. The Hall–Kier alpha value is -1.81. The number of hydrogen-bond acceptors (Lipinski definition) is 6. The molecule has 1 N–H and O–H groups in total. The van der Waals surface area contributed by atoms with Crippen LogP contribution in [0.3, 0.4) is 0 Å². The number of nitrogens with zero attached hydrogens (tertiary/aromatic N) is 3. The highest BCUT2D eigenvalue weighted by atomic mass is 16.5. The summed E-state index contributed by atoms with van der Waals surface area (Å²) in [7, 11) is 1.67. The molecule has 1 aliphatic carbocycles. The van der Waals surface area contributed by atoms with E-state index in [1.165, 1.54) is 44.3 Å². The van der Waals surface area contributed by atoms with Gasteiger partial charge in [-0.05, 0) is 68.3 Å². The van der Waals surface area contributed by atoms with Crippen LogP contribution in [-0.4, -0.2) is 67.5 Å². The maximum atomic E-state index is 10.4. The number of methoxy groups -OCH3 is 1. The maximum absolute atomic E-state index is 10.4. The van der Waals surface area contributed by atoms with E-state index >= 15 is 0 Å². The van der Waals surface area contributed by atoms with E-state index in [1.807, 2.05) is 6.07 Å². The van der Waals surface area contributed by atoms with Gasteiger partial charge in [-0.15, -0.1) is 0 Å². The van der Waals surface area contributed by atoms with Gasteiger partial charge >= 0.3 is 0 Å². The Morgan fingerprint density at radius 2 is 1.77 bits per heavy atom. The third kappa shape index (κ3) is 5.91. The molecule has 2 aliphatic heterocycles. The Bertz CT molecular complexity index is 743. The highest BCUT2D eigenvalue weighted by Gasteiger charge is 2.34. The Morgan fingerprint density at radius 1 is 1.06 bits per heavy atom. The highest BCUT2D eigenvalue weighted by Crippen LogP contribution is 2.37. The predicted molar refractivity (Wildman–Crippen MR) is 120 cm³/mol. The van der Waals surface area contributed by atoms with E-state index in [0.717, 1.165) is 50.1 Å². The molecule has 3 aliphatic rings. The van der Waals surface area contributed by atoms with Gasteiger partial charge in [0.1, 0.15) is 12.7 Å². The van der Waals surface area contributed by atoms with Crippen LogP contribution in [0.15, 0.2) is 18.2 Å². The van der Waals surface area contributed by atoms with Crippen molar-refractivity contribution >= 4 is 0 Å². The molecule has 170 valence electrons. The van der Waals surface area contributed by atoms with E-state index in [9.17, 15) is 5.11 Å². The quantitative estimate of drug-likeness (QED) is 0.687. The summed E-state index contributed by atoms with van der Waals surface area (Å²) in [6.07, 6.45) is 6.82. The number of ether oxygens (including phenoxy) is 2. The molecule has 3 atom stereocenters. The minimum absolute atomic E-state index is 0.164. The largest absolute Gasteiger partial charge is 0.493 e. The lowest BCUT2D eigenvalue weighted by Gasteiger charge is -2.30. The van der Waals surface area contributed by atoms with E-state index in [4.69, 9.17) is 14.7 Å². The summed E-state index contributed by atoms with van der Waals surface area (Å²) < 4.78 is 11.5. The number of benzene rings is 1. The number of aliphatic hydroxyl groups is 1. The van der Waals surface area contributed by atoms with E-state index in [2.05, 4.69) is 28.0 Å². The molecule has 6 nitrogen and oxygen atoms in total. The summed E-state index contributed by atoms with van der Waals surface area (Å²) in [5, 5.41) is 19.4. The first kappa shape index (κ1) is 22.4. The van der Waals surface area contributed by atoms with Gasteiger partial charge in [-0.25, -0.2) is 0 Å². The fourth-order valence-electron chi connectivity index (χ4n) is 5.60. The summed E-state index contributed by atoms with van der Waals surface area (Å²) in [6, 6.07) is 8.52. The number of β-amino-alcohol motifs (C(OH)–C–C–N with tert-alkyl or cyclic N) is 1. The SMILES string of the molecule is COc1cc(CN2C[C@H]3CCCC[C@H]3C2)ccc1OCC(O)CN1CCC(C#N)CC1. The van der Waals surface area contributed by atoms with Crippen molar-refractivity contribution in [2.75, 3.05) is 46.4 Å². The average Bonchev–Trinajstić information content (AvgIpc) is 3.21. The molecular weight excluding hydrogens is 390 g/mol. The lowest BCUT2D eigenvalue weighted by atomic mass is 9.82. The van der Waals surface area contributed by atoms with Crippen LogP contribution in [0.1, 0.15) is 44.1 Å². The minimum atomic E-state index is -0.559. The number of rotatable bonds is 8. The summed E-state index contributed by atoms with van der Waals surface area (Å²) in [5.74, 6) is 3.37. The number of likely N-dealkylation sites (tertiary alicyclic amines) is 2. The lowest BCUT2D eigenvalue weighted by molar-refractivity contribution is 0.0575. The first-order valence-corrected chi connectivity index (χ1v) is 12.0. The molecule has 4 rings (SSSR count). The molecule has 1 saturated carbocycles. The van der Waals surface area contributed by atoms with Gasteiger partial charge in [-0.1, -0.05) is 18.9 Å². The maximum Gasteiger partial charge on any atom is 0.161 e. The average molecular weight is 428 g/mol. The van der Waals surface area contributed by atoms with E-state index < -0.39 is 6.10 Å². The molecule has 1 aromatic carbocycles. The van der Waals surface area contributed by atoms with E-state index in [-0.39, 0.29) is 12.5 Å². The number of nitriles is 1. The zero-order chi connectivity index (χ0) is 21.6. The molecule has 0 bridgehead atoms. The second-order valence-corrected chi connectivity index (χ2v) is 9.65. The fourth-order valence-corrected chi connectivity index (χ4v) is 5.60.